The highest BCUT2D eigenvalue weighted by atomic mass is 19.1. The molecule has 0 atom stereocenters. The largest absolute Gasteiger partial charge is 0.493 e. The number of ether oxygens (including phenoxy) is 8. The number of hydrogen-bond acceptors (Lipinski definition) is 17. The summed E-state index contributed by atoms with van der Waals surface area (Å²) in [5, 5.41) is 15.8. The van der Waals surface area contributed by atoms with Gasteiger partial charge < -0.3 is 37.9 Å². The summed E-state index contributed by atoms with van der Waals surface area (Å²) in [5.41, 5.74) is 14.0. The number of tetrazole rings is 1. The van der Waals surface area contributed by atoms with Crippen LogP contribution in [0.4, 0.5) is 4.39 Å². The second-order valence-corrected chi connectivity index (χ2v) is 48.9. The summed E-state index contributed by atoms with van der Waals surface area (Å²) >= 11 is 0. The van der Waals surface area contributed by atoms with Crippen molar-refractivity contribution in [3.05, 3.63) is 260 Å². The van der Waals surface area contributed by atoms with Gasteiger partial charge in [-0.3, -0.25) is 19.7 Å². The normalized spacial score (nSPS) is 15.3. The Balaban J connectivity index is 0.000000162. The fourth-order valence-electron chi connectivity index (χ4n) is 13.7. The van der Waals surface area contributed by atoms with Crippen molar-refractivity contribution in [3.63, 3.8) is 0 Å². The number of nitrogens with zero attached hydrogens (tertiary/aromatic N) is 8. The van der Waals surface area contributed by atoms with Crippen molar-refractivity contribution < 1.29 is 42.3 Å². The molecule has 7 aliphatic rings. The van der Waals surface area contributed by atoms with Crippen LogP contribution in [0.5, 0.6) is 46.5 Å². The Hall–Kier alpha value is -10.8. The average molecular weight is 1910 g/mol. The number of aromatic amines is 2. The van der Waals surface area contributed by atoms with Gasteiger partial charge in [0.05, 0.1) is 52.4 Å². The molecule has 7 saturated carbocycles. The van der Waals surface area contributed by atoms with Gasteiger partial charge in [0.25, 0.3) is 5.56 Å². The Morgan fingerprint density at radius 3 is 1.31 bits per heavy atom. The minimum Gasteiger partial charge on any atom is -0.493 e. The summed E-state index contributed by atoms with van der Waals surface area (Å²) in [7, 11) is 0. The van der Waals surface area contributed by atoms with Gasteiger partial charge in [-0.2, -0.15) is 5.21 Å². The standard InChI is InChI=1S/C15H22O.C14H21NO.C14H16.C13H19NO2.4C13H19NO.C12H15FN4O/c1-11-7-13(15(2,3)4)9-14(8-11)16-10-12-5-6-12;1-10-7-12(14(2,3)4)8-13(15-10)16-9-11-5-6-11;1-14(2,3)13-9-8-11-6-4-5-7-12(11)10-13;1-13(2,3)10-6-11(15)14-12(7-10)16-8-9-4-5-9;1-13(2,3)11-6-12(8-14-7-11)15-9-10-4-5-10;1-13(2,3)12-8-11(6-7-14-12)15-9-10-4-5-10;1-13(2,3)11-6-7-14-12(8-11)15-9-10-4-5-10;1-13(2,3)11-5-4-6-12(14-11)15-9-10-7-8-10;1-12(2,3)8-4-5-9(13)10(6-8)18-7-11-14-16-17-15-11/h7-9,12H,5-6,10H2,1-4H3;7-8,11H,5-6,9H2,1-4H3;4-10H,1-3H3;6-7,9H,4-5,8H2,1-3H3,(H,14,15);3*6-8,10H,4-5,9H2,1-3H3;4-6,10H,7-9H2,1-3H3;4-6H,7H2,1-3H3,(H,14,15,16,17). The van der Waals surface area contributed by atoms with Crippen molar-refractivity contribution in [3.8, 4) is 46.5 Å². The lowest BCUT2D eigenvalue weighted by molar-refractivity contribution is 0.280. The quantitative estimate of drug-likeness (QED) is 0.0573. The van der Waals surface area contributed by atoms with Crippen LogP contribution in [0.3, 0.4) is 0 Å². The molecule has 0 saturated heterocycles. The van der Waals surface area contributed by atoms with Crippen LogP contribution in [0.2, 0.25) is 0 Å². The molecule has 0 unspecified atom stereocenters. The maximum absolute atomic E-state index is 13.6. The van der Waals surface area contributed by atoms with Crippen LogP contribution < -0.4 is 43.5 Å². The first-order valence-electron chi connectivity index (χ1n) is 51.4. The number of pyridine rings is 6. The predicted molar refractivity (Wildman–Crippen MR) is 569 cm³/mol. The summed E-state index contributed by atoms with van der Waals surface area (Å²) in [4.78, 5) is 36.0. The average Bonchev–Trinajstić information content (AvgIpc) is 1.11. The van der Waals surface area contributed by atoms with Gasteiger partial charge >= 0.3 is 0 Å². The van der Waals surface area contributed by atoms with Gasteiger partial charge in [-0.15, -0.1) is 10.2 Å². The van der Waals surface area contributed by atoms with Crippen LogP contribution >= 0.6 is 0 Å². The summed E-state index contributed by atoms with van der Waals surface area (Å²) in [6.07, 6.45) is 25.8. The van der Waals surface area contributed by atoms with E-state index in [1.54, 1.807) is 24.4 Å². The monoisotopic (exact) mass is 1910 g/mol. The van der Waals surface area contributed by atoms with E-state index in [2.05, 4.69) is 348 Å². The molecule has 0 spiro atoms. The molecule has 7 aromatic heterocycles. The van der Waals surface area contributed by atoms with Gasteiger partial charge in [-0.05, 0) is 293 Å². The van der Waals surface area contributed by atoms with E-state index in [9.17, 15) is 9.18 Å². The van der Waals surface area contributed by atoms with Crippen LogP contribution in [0.15, 0.2) is 181 Å². The highest BCUT2D eigenvalue weighted by molar-refractivity contribution is 5.83. The molecular formula is C120H169FN10O9. The van der Waals surface area contributed by atoms with Crippen LogP contribution in [-0.4, -0.2) is 96.8 Å². The molecule has 11 aromatic rings. The predicted octanol–water partition coefficient (Wildman–Crippen LogP) is 29.0. The van der Waals surface area contributed by atoms with Gasteiger partial charge in [0.2, 0.25) is 23.5 Å². The molecule has 0 aliphatic heterocycles. The number of rotatable bonds is 24. The molecule has 20 heteroatoms. The third kappa shape index (κ3) is 41.8. The fraction of sp³-hybridized carbons (Fsp3) is 0.558. The van der Waals surface area contributed by atoms with E-state index in [0.717, 1.165) is 145 Å². The van der Waals surface area contributed by atoms with Crippen molar-refractivity contribution in [2.75, 3.05) is 46.2 Å². The second-order valence-electron chi connectivity index (χ2n) is 48.9. The van der Waals surface area contributed by atoms with Crippen molar-refractivity contribution in [2.24, 2.45) is 41.4 Å². The first kappa shape index (κ1) is 111. The van der Waals surface area contributed by atoms with Gasteiger partial charge in [0.15, 0.2) is 24.1 Å². The summed E-state index contributed by atoms with van der Waals surface area (Å²) in [6, 6.07) is 50.7. The van der Waals surface area contributed by atoms with Gasteiger partial charge in [-0.1, -0.05) is 253 Å². The minimum atomic E-state index is -0.397. The zero-order chi connectivity index (χ0) is 102. The topological polar surface area (TPSA) is 226 Å². The molecule has 140 heavy (non-hydrogen) atoms. The van der Waals surface area contributed by atoms with Crippen molar-refractivity contribution in [1.29, 1.82) is 0 Å². The van der Waals surface area contributed by atoms with Gasteiger partial charge in [-0.25, -0.2) is 19.3 Å². The molecular weight excluding hydrogens is 1740 g/mol. The number of hydrogen-bond donors (Lipinski definition) is 2. The van der Waals surface area contributed by atoms with E-state index >= 15 is 0 Å². The number of fused-ring (bicyclic) bond motifs is 1. The summed E-state index contributed by atoms with van der Waals surface area (Å²) < 4.78 is 58.9. The minimum absolute atomic E-state index is 0.0219. The molecule has 4 aromatic carbocycles. The molecule has 19 nitrogen and oxygen atoms in total. The highest BCUT2D eigenvalue weighted by Gasteiger charge is 2.31. The fourth-order valence-corrected chi connectivity index (χ4v) is 13.7. The number of H-pyrrole nitrogens is 2. The van der Waals surface area contributed by atoms with Crippen molar-refractivity contribution in [1.82, 2.24) is 50.5 Å². The Bertz CT molecular complexity index is 5350. The highest BCUT2D eigenvalue weighted by Crippen LogP contribution is 2.40. The first-order chi connectivity index (χ1) is 65.6. The number of aromatic nitrogens is 10. The lowest BCUT2D eigenvalue weighted by Crippen LogP contribution is -2.17. The van der Waals surface area contributed by atoms with E-state index in [-0.39, 0.29) is 66.7 Å². The zero-order valence-corrected chi connectivity index (χ0v) is 90.5. The smallest absolute Gasteiger partial charge is 0.250 e. The number of halogens is 1. The second kappa shape index (κ2) is 49.3. The lowest BCUT2D eigenvalue weighted by Gasteiger charge is -2.20. The Kier molecular flexibility index (Phi) is 39.2. The maximum atomic E-state index is 13.6. The molecule has 7 aliphatic carbocycles. The van der Waals surface area contributed by atoms with Crippen LogP contribution in [0, 0.1) is 61.1 Å². The van der Waals surface area contributed by atoms with Gasteiger partial charge in [0.1, 0.15) is 17.2 Å². The molecule has 0 radical (unpaired) electrons. The van der Waals surface area contributed by atoms with Crippen LogP contribution in [0.1, 0.15) is 344 Å². The Morgan fingerprint density at radius 1 is 0.336 bits per heavy atom. The molecule has 0 amide bonds. The van der Waals surface area contributed by atoms with Crippen molar-refractivity contribution >= 4 is 10.8 Å². The van der Waals surface area contributed by atoms with E-state index in [1.165, 1.54) is 140 Å². The number of nitrogens with one attached hydrogen (secondary N) is 2. The third-order valence-electron chi connectivity index (χ3n) is 24.9. The third-order valence-corrected chi connectivity index (χ3v) is 24.9. The Morgan fingerprint density at radius 2 is 0.786 bits per heavy atom. The summed E-state index contributed by atoms with van der Waals surface area (Å²) in [5.74, 6) is 11.5. The molecule has 2 N–H and O–H groups in total. The number of benzene rings is 4. The van der Waals surface area contributed by atoms with Crippen LogP contribution in [-0.2, 0) is 55.3 Å². The van der Waals surface area contributed by atoms with Crippen molar-refractivity contribution in [2.45, 2.75) is 346 Å². The molecule has 7 fully saturated rings. The van der Waals surface area contributed by atoms with E-state index in [0.29, 0.717) is 17.6 Å². The summed E-state index contributed by atoms with van der Waals surface area (Å²) in [6.45, 7) is 68.8. The van der Waals surface area contributed by atoms with Gasteiger partial charge in [0, 0.05) is 82.9 Å². The first-order valence-corrected chi connectivity index (χ1v) is 51.4. The van der Waals surface area contributed by atoms with E-state index in [4.69, 9.17) is 37.9 Å². The van der Waals surface area contributed by atoms with E-state index in [1.807, 2.05) is 49.8 Å². The molecule has 7 heterocycles. The molecule has 760 valence electrons. The molecule has 18 rings (SSSR count). The number of aryl methyl sites for hydroxylation is 2. The van der Waals surface area contributed by atoms with E-state index < -0.39 is 5.82 Å². The Labute approximate surface area is 838 Å². The SMILES string of the molecule is CC(C)(C)c1cc(OCC2CC2)[nH]c(=O)c1.CC(C)(C)c1cc(OCC2CC2)ccn1.CC(C)(C)c1ccc(F)c(OCc2nn[nH]n2)c1.CC(C)(C)c1ccc2ccccc2c1.CC(C)(C)c1cccc(OCC2CC2)n1.CC(C)(C)c1ccnc(OCC2CC2)c1.CC(C)(C)c1cncc(OCC2CC2)c1.Cc1cc(C(C)(C)C)cc(OCC2CC2)n1.Cc1cc(OCC2CC2)cc(C(C)(C)C)c1. The molecule has 0 bridgehead atoms. The lowest BCUT2D eigenvalue weighted by atomic mass is 9.86. The van der Waals surface area contributed by atoms with Crippen LogP contribution in [0.25, 0.3) is 10.8 Å². The maximum Gasteiger partial charge on any atom is 0.250 e. The zero-order valence-electron chi connectivity index (χ0n) is 90.5.